The Hall–Kier alpha value is -1.74. The molecule has 0 bridgehead atoms. The SMILES string of the molecule is CCNC(=NCCCCN1CCN(c2ccccc2)CC1)N(C)Cc1cccn1C.I. The van der Waals surface area contributed by atoms with Crippen LogP contribution in [-0.4, -0.2) is 73.2 Å². The fourth-order valence-electron chi connectivity index (χ4n) is 3.95. The number of para-hydroxylation sites is 1. The number of anilines is 1. The molecule has 1 fully saturated rings. The predicted octanol–water partition coefficient (Wildman–Crippen LogP) is 3.64. The summed E-state index contributed by atoms with van der Waals surface area (Å²) < 4.78 is 2.16. The third kappa shape index (κ3) is 8.03. The van der Waals surface area contributed by atoms with E-state index in [2.05, 4.69) is 94.3 Å². The molecule has 7 heteroatoms. The van der Waals surface area contributed by atoms with E-state index in [4.69, 9.17) is 4.99 Å². The van der Waals surface area contributed by atoms with Crippen molar-refractivity contribution in [1.82, 2.24) is 19.7 Å². The van der Waals surface area contributed by atoms with E-state index < -0.39 is 0 Å². The highest BCUT2D eigenvalue weighted by molar-refractivity contribution is 14.0. The topological polar surface area (TPSA) is 39.0 Å². The Labute approximate surface area is 205 Å². The largest absolute Gasteiger partial charge is 0.369 e. The minimum Gasteiger partial charge on any atom is -0.369 e. The number of nitrogens with one attached hydrogen (secondary N) is 1. The van der Waals surface area contributed by atoms with Gasteiger partial charge >= 0.3 is 0 Å². The zero-order valence-corrected chi connectivity index (χ0v) is 21.7. The lowest BCUT2D eigenvalue weighted by molar-refractivity contribution is 0.253. The third-order valence-corrected chi connectivity index (χ3v) is 5.78. The molecule has 1 aliphatic heterocycles. The van der Waals surface area contributed by atoms with Crippen molar-refractivity contribution in [3.05, 3.63) is 54.4 Å². The molecule has 0 saturated carbocycles. The number of aliphatic imine (C=N–C) groups is 1. The zero-order chi connectivity index (χ0) is 21.2. The zero-order valence-electron chi connectivity index (χ0n) is 19.3. The molecule has 2 aromatic rings. The summed E-state index contributed by atoms with van der Waals surface area (Å²) in [5.41, 5.74) is 2.64. The number of piperazine rings is 1. The van der Waals surface area contributed by atoms with Gasteiger partial charge in [-0.05, 0) is 50.6 Å². The molecule has 0 unspecified atom stereocenters. The Kier molecular flexibility index (Phi) is 11.2. The second kappa shape index (κ2) is 13.6. The van der Waals surface area contributed by atoms with E-state index >= 15 is 0 Å². The summed E-state index contributed by atoms with van der Waals surface area (Å²) in [7, 11) is 4.20. The van der Waals surface area contributed by atoms with Crippen LogP contribution >= 0.6 is 24.0 Å². The predicted molar refractivity (Wildman–Crippen MR) is 143 cm³/mol. The van der Waals surface area contributed by atoms with Crippen molar-refractivity contribution in [1.29, 1.82) is 0 Å². The molecule has 31 heavy (non-hydrogen) atoms. The molecule has 1 aromatic heterocycles. The number of hydrogen-bond acceptors (Lipinski definition) is 3. The Morgan fingerprint density at radius 2 is 1.77 bits per heavy atom. The van der Waals surface area contributed by atoms with Crippen LogP contribution in [-0.2, 0) is 13.6 Å². The molecule has 1 aromatic carbocycles. The van der Waals surface area contributed by atoms with E-state index in [0.29, 0.717) is 0 Å². The van der Waals surface area contributed by atoms with Gasteiger partial charge in [-0.25, -0.2) is 0 Å². The number of unbranched alkanes of at least 4 members (excludes halogenated alkanes) is 1. The molecule has 1 N–H and O–H groups in total. The van der Waals surface area contributed by atoms with Crippen LogP contribution in [0.25, 0.3) is 0 Å². The van der Waals surface area contributed by atoms with Gasteiger partial charge in [0, 0.05) is 70.9 Å². The molecular formula is C24H39IN6. The van der Waals surface area contributed by atoms with Gasteiger partial charge < -0.3 is 19.7 Å². The molecule has 2 heterocycles. The number of aromatic nitrogens is 1. The molecule has 0 atom stereocenters. The number of halogens is 1. The van der Waals surface area contributed by atoms with Crippen molar-refractivity contribution in [3.8, 4) is 0 Å². The van der Waals surface area contributed by atoms with Crippen molar-refractivity contribution in [2.24, 2.45) is 12.0 Å². The second-order valence-corrected chi connectivity index (χ2v) is 8.07. The molecule has 1 aliphatic rings. The standard InChI is InChI=1S/C24H38N6.HI/c1-4-25-24(28(3)21-23-13-10-15-27(23)2)26-14-8-9-16-29-17-19-30(20-18-29)22-11-6-5-7-12-22;/h5-7,10-13,15H,4,8-9,14,16-21H2,1-3H3,(H,25,26);1H. The van der Waals surface area contributed by atoms with E-state index in [1.807, 2.05) is 0 Å². The van der Waals surface area contributed by atoms with Gasteiger partial charge in [0.2, 0.25) is 0 Å². The van der Waals surface area contributed by atoms with E-state index in [9.17, 15) is 0 Å². The van der Waals surface area contributed by atoms with Crippen LogP contribution in [0.4, 0.5) is 5.69 Å². The number of hydrogen-bond donors (Lipinski definition) is 1. The summed E-state index contributed by atoms with van der Waals surface area (Å²) in [5, 5.41) is 3.43. The van der Waals surface area contributed by atoms with Crippen LogP contribution in [0.3, 0.4) is 0 Å². The fraction of sp³-hybridized carbons (Fsp3) is 0.542. The van der Waals surface area contributed by atoms with Gasteiger partial charge in [-0.15, -0.1) is 24.0 Å². The number of rotatable bonds is 9. The lowest BCUT2D eigenvalue weighted by atomic mass is 10.2. The summed E-state index contributed by atoms with van der Waals surface area (Å²) in [6.07, 6.45) is 4.43. The average molecular weight is 539 g/mol. The van der Waals surface area contributed by atoms with Crippen molar-refractivity contribution in [2.45, 2.75) is 26.3 Å². The summed E-state index contributed by atoms with van der Waals surface area (Å²) >= 11 is 0. The van der Waals surface area contributed by atoms with Gasteiger partial charge in [-0.3, -0.25) is 9.89 Å². The monoisotopic (exact) mass is 538 g/mol. The van der Waals surface area contributed by atoms with Crippen LogP contribution < -0.4 is 10.2 Å². The Morgan fingerprint density at radius 3 is 2.42 bits per heavy atom. The molecular weight excluding hydrogens is 499 g/mol. The lowest BCUT2D eigenvalue weighted by Crippen LogP contribution is -2.46. The van der Waals surface area contributed by atoms with E-state index in [0.717, 1.165) is 58.2 Å². The van der Waals surface area contributed by atoms with Crippen LogP contribution in [0.1, 0.15) is 25.5 Å². The minimum absolute atomic E-state index is 0. The molecule has 0 spiro atoms. The van der Waals surface area contributed by atoms with Gasteiger partial charge in [0.25, 0.3) is 0 Å². The minimum atomic E-state index is 0. The van der Waals surface area contributed by atoms with Gasteiger partial charge in [0.1, 0.15) is 0 Å². The summed E-state index contributed by atoms with van der Waals surface area (Å²) in [6, 6.07) is 15.0. The highest BCUT2D eigenvalue weighted by atomic mass is 127. The third-order valence-electron chi connectivity index (χ3n) is 5.78. The molecule has 3 rings (SSSR count). The van der Waals surface area contributed by atoms with E-state index in [1.54, 1.807) is 0 Å². The number of nitrogens with zero attached hydrogens (tertiary/aromatic N) is 5. The molecule has 6 nitrogen and oxygen atoms in total. The van der Waals surface area contributed by atoms with Crippen molar-refractivity contribution in [2.75, 3.05) is 57.8 Å². The van der Waals surface area contributed by atoms with Crippen LogP contribution in [0, 0.1) is 0 Å². The molecule has 0 amide bonds. The van der Waals surface area contributed by atoms with Crippen molar-refractivity contribution >= 4 is 35.6 Å². The maximum absolute atomic E-state index is 4.85. The second-order valence-electron chi connectivity index (χ2n) is 8.07. The summed E-state index contributed by atoms with van der Waals surface area (Å²) in [5.74, 6) is 0.996. The van der Waals surface area contributed by atoms with Crippen molar-refractivity contribution in [3.63, 3.8) is 0 Å². The first-order valence-corrected chi connectivity index (χ1v) is 11.3. The smallest absolute Gasteiger partial charge is 0.194 e. The number of benzene rings is 1. The van der Waals surface area contributed by atoms with Gasteiger partial charge in [0.05, 0.1) is 6.54 Å². The van der Waals surface area contributed by atoms with E-state index in [1.165, 1.54) is 24.3 Å². The molecule has 0 aliphatic carbocycles. The highest BCUT2D eigenvalue weighted by Gasteiger charge is 2.16. The van der Waals surface area contributed by atoms with Crippen LogP contribution in [0.5, 0.6) is 0 Å². The number of guanidine groups is 1. The number of aryl methyl sites for hydroxylation is 1. The first-order chi connectivity index (χ1) is 14.7. The fourth-order valence-corrected chi connectivity index (χ4v) is 3.95. The molecule has 0 radical (unpaired) electrons. The maximum atomic E-state index is 4.85. The Balaban J connectivity index is 0.00000341. The maximum Gasteiger partial charge on any atom is 0.194 e. The normalized spacial score (nSPS) is 14.9. The van der Waals surface area contributed by atoms with Gasteiger partial charge in [0.15, 0.2) is 5.96 Å². The lowest BCUT2D eigenvalue weighted by Gasteiger charge is -2.36. The molecule has 1 saturated heterocycles. The summed E-state index contributed by atoms with van der Waals surface area (Å²) in [4.78, 5) is 12.1. The van der Waals surface area contributed by atoms with Crippen LogP contribution in [0.15, 0.2) is 53.7 Å². The quantitative estimate of drug-likeness (QED) is 0.229. The van der Waals surface area contributed by atoms with Gasteiger partial charge in [-0.2, -0.15) is 0 Å². The summed E-state index contributed by atoms with van der Waals surface area (Å²) in [6.45, 7) is 10.5. The first kappa shape index (κ1) is 25.5. The highest BCUT2D eigenvalue weighted by Crippen LogP contribution is 2.15. The Bertz CT molecular complexity index is 767. The molecule has 172 valence electrons. The average Bonchev–Trinajstić information content (AvgIpc) is 3.18. The van der Waals surface area contributed by atoms with Gasteiger partial charge in [-0.1, -0.05) is 18.2 Å². The van der Waals surface area contributed by atoms with Crippen LogP contribution in [0.2, 0.25) is 0 Å². The van der Waals surface area contributed by atoms with Crippen molar-refractivity contribution < 1.29 is 0 Å². The Morgan fingerprint density at radius 1 is 1.03 bits per heavy atom. The first-order valence-electron chi connectivity index (χ1n) is 11.3. The van der Waals surface area contributed by atoms with E-state index in [-0.39, 0.29) is 24.0 Å².